The normalized spacial score (nSPS) is 29.5. The van der Waals surface area contributed by atoms with Crippen LogP contribution in [0.1, 0.15) is 20.3 Å². The number of piperidine rings is 1. The molecule has 6 nitrogen and oxygen atoms in total. The van der Waals surface area contributed by atoms with E-state index in [2.05, 4.69) is 47.9 Å². The third kappa shape index (κ3) is 3.66. The first-order valence-corrected chi connectivity index (χ1v) is 11.6. The summed E-state index contributed by atoms with van der Waals surface area (Å²) < 4.78 is 23.5. The van der Waals surface area contributed by atoms with Gasteiger partial charge >= 0.3 is 0 Å². The molecule has 2 bridgehead atoms. The fourth-order valence-electron chi connectivity index (χ4n) is 5.08. The number of hydrogen-bond donors (Lipinski definition) is 0. The van der Waals surface area contributed by atoms with E-state index in [0.717, 1.165) is 38.2 Å². The quantitative estimate of drug-likeness (QED) is 0.733. The van der Waals surface area contributed by atoms with Gasteiger partial charge in [0.05, 0.1) is 17.5 Å². The summed E-state index contributed by atoms with van der Waals surface area (Å²) in [5, 5.41) is 0. The molecule has 0 saturated carbocycles. The Morgan fingerprint density at radius 1 is 1.07 bits per heavy atom. The molecule has 4 heterocycles. The largest absolute Gasteiger partial charge is 0.369 e. The fourth-order valence-corrected chi connectivity index (χ4v) is 6.28. The summed E-state index contributed by atoms with van der Waals surface area (Å²) in [7, 11) is -2.88. The molecule has 5 rings (SSSR count). The standard InChI is InChI=1S/C20H29N3O3S/c1-20(2)11-16-12-21(15-24)14-19(20)23(13-16)18-5-3-4-17(10-18)22-6-8-27(25,26)9-7-22/h3-5,10,15-16,19H,6-9,11-14H2,1-2H3/t16-,19-/m1/s1. The molecule has 27 heavy (non-hydrogen) atoms. The second-order valence-corrected chi connectivity index (χ2v) is 11.2. The van der Waals surface area contributed by atoms with Gasteiger partial charge in [-0.15, -0.1) is 0 Å². The highest BCUT2D eigenvalue weighted by Gasteiger charge is 2.45. The number of amides is 1. The van der Waals surface area contributed by atoms with Gasteiger partial charge in [0.2, 0.25) is 6.41 Å². The molecule has 2 atom stereocenters. The van der Waals surface area contributed by atoms with Gasteiger partial charge in [-0.3, -0.25) is 4.79 Å². The van der Waals surface area contributed by atoms with Crippen molar-refractivity contribution >= 4 is 27.6 Å². The highest BCUT2D eigenvalue weighted by molar-refractivity contribution is 7.91. The smallest absolute Gasteiger partial charge is 0.209 e. The molecule has 0 spiro atoms. The predicted octanol–water partition coefficient (Wildman–Crippen LogP) is 1.61. The Morgan fingerprint density at radius 2 is 1.78 bits per heavy atom. The van der Waals surface area contributed by atoms with Gasteiger partial charge in [-0.25, -0.2) is 8.42 Å². The summed E-state index contributed by atoms with van der Waals surface area (Å²) in [5.41, 5.74) is 2.42. The molecule has 4 aliphatic rings. The Kier molecular flexibility index (Phi) is 4.61. The third-order valence-electron chi connectivity index (χ3n) is 6.47. The molecule has 4 saturated heterocycles. The summed E-state index contributed by atoms with van der Waals surface area (Å²) in [6.07, 6.45) is 2.14. The first kappa shape index (κ1) is 18.6. The second kappa shape index (κ2) is 6.69. The van der Waals surface area contributed by atoms with Crippen LogP contribution < -0.4 is 9.80 Å². The number of nitrogens with zero attached hydrogens (tertiary/aromatic N) is 3. The number of rotatable bonds is 3. The fraction of sp³-hybridized carbons (Fsp3) is 0.650. The zero-order valence-corrected chi connectivity index (χ0v) is 17.0. The molecule has 1 amide bonds. The van der Waals surface area contributed by atoms with Gasteiger partial charge in [0.1, 0.15) is 0 Å². The molecule has 4 fully saturated rings. The van der Waals surface area contributed by atoms with Gasteiger partial charge < -0.3 is 14.7 Å². The minimum atomic E-state index is -2.88. The number of benzene rings is 1. The van der Waals surface area contributed by atoms with Crippen molar-refractivity contribution in [3.05, 3.63) is 24.3 Å². The van der Waals surface area contributed by atoms with Crippen molar-refractivity contribution in [2.24, 2.45) is 11.3 Å². The molecule has 0 unspecified atom stereocenters. The SMILES string of the molecule is CC1(C)C[C@@H]2CN(C=O)C[C@H]1N(c1cccc(N3CCS(=O)(=O)CC3)c1)C2. The minimum Gasteiger partial charge on any atom is -0.369 e. The molecule has 148 valence electrons. The third-order valence-corrected chi connectivity index (χ3v) is 8.08. The van der Waals surface area contributed by atoms with Crippen LogP contribution in [-0.2, 0) is 14.6 Å². The van der Waals surface area contributed by atoms with Crippen LogP contribution in [-0.4, -0.2) is 70.0 Å². The molecular weight excluding hydrogens is 362 g/mol. The van der Waals surface area contributed by atoms with Crippen LogP contribution in [0.2, 0.25) is 0 Å². The van der Waals surface area contributed by atoms with Crippen molar-refractivity contribution in [1.29, 1.82) is 0 Å². The molecule has 1 aromatic rings. The Labute approximate surface area is 162 Å². The van der Waals surface area contributed by atoms with Crippen LogP contribution >= 0.6 is 0 Å². The van der Waals surface area contributed by atoms with Gasteiger partial charge in [0.25, 0.3) is 0 Å². The lowest BCUT2D eigenvalue weighted by Gasteiger charge is -2.48. The average Bonchev–Trinajstić information content (AvgIpc) is 2.88. The van der Waals surface area contributed by atoms with Gasteiger partial charge in [0, 0.05) is 44.1 Å². The van der Waals surface area contributed by atoms with E-state index in [0.29, 0.717) is 25.0 Å². The molecule has 0 aliphatic carbocycles. The molecular formula is C20H29N3O3S. The zero-order valence-electron chi connectivity index (χ0n) is 16.2. The molecule has 7 heteroatoms. The van der Waals surface area contributed by atoms with E-state index < -0.39 is 9.84 Å². The lowest BCUT2D eigenvalue weighted by molar-refractivity contribution is -0.118. The van der Waals surface area contributed by atoms with Gasteiger partial charge in [-0.2, -0.15) is 0 Å². The molecule has 0 aromatic heterocycles. The van der Waals surface area contributed by atoms with Crippen molar-refractivity contribution in [3.63, 3.8) is 0 Å². The Balaban J connectivity index is 1.61. The summed E-state index contributed by atoms with van der Waals surface area (Å²) in [4.78, 5) is 18.0. The lowest BCUT2D eigenvalue weighted by Crippen LogP contribution is -2.53. The van der Waals surface area contributed by atoms with Crippen LogP contribution in [0.5, 0.6) is 0 Å². The Hall–Kier alpha value is -1.76. The van der Waals surface area contributed by atoms with E-state index in [-0.39, 0.29) is 16.9 Å². The van der Waals surface area contributed by atoms with Crippen molar-refractivity contribution in [2.75, 3.05) is 54.0 Å². The van der Waals surface area contributed by atoms with Crippen LogP contribution in [0.3, 0.4) is 0 Å². The molecule has 0 N–H and O–H groups in total. The first-order chi connectivity index (χ1) is 12.8. The average molecular weight is 392 g/mol. The number of carbonyl (C=O) groups excluding carboxylic acids is 1. The number of fused-ring (bicyclic) bond motifs is 4. The van der Waals surface area contributed by atoms with E-state index in [1.165, 1.54) is 5.69 Å². The number of anilines is 2. The summed E-state index contributed by atoms with van der Waals surface area (Å²) in [5.74, 6) is 0.938. The van der Waals surface area contributed by atoms with Gasteiger partial charge in [0.15, 0.2) is 9.84 Å². The first-order valence-electron chi connectivity index (χ1n) is 9.79. The summed E-state index contributed by atoms with van der Waals surface area (Å²) in [6.45, 7) is 8.30. The maximum Gasteiger partial charge on any atom is 0.209 e. The molecule has 1 aromatic carbocycles. The van der Waals surface area contributed by atoms with Crippen LogP contribution in [0.15, 0.2) is 24.3 Å². The maximum atomic E-state index is 11.7. The van der Waals surface area contributed by atoms with Crippen molar-refractivity contribution < 1.29 is 13.2 Å². The molecule has 0 radical (unpaired) electrons. The molecule has 4 aliphatic heterocycles. The number of sulfone groups is 1. The van der Waals surface area contributed by atoms with E-state index in [9.17, 15) is 13.2 Å². The van der Waals surface area contributed by atoms with E-state index in [4.69, 9.17) is 0 Å². The van der Waals surface area contributed by atoms with Crippen molar-refractivity contribution in [1.82, 2.24) is 4.90 Å². The van der Waals surface area contributed by atoms with Gasteiger partial charge in [-0.1, -0.05) is 19.9 Å². The van der Waals surface area contributed by atoms with E-state index in [1.807, 2.05) is 4.90 Å². The predicted molar refractivity (Wildman–Crippen MR) is 108 cm³/mol. The minimum absolute atomic E-state index is 0.149. The van der Waals surface area contributed by atoms with Crippen molar-refractivity contribution in [3.8, 4) is 0 Å². The van der Waals surface area contributed by atoms with Crippen LogP contribution in [0, 0.1) is 11.3 Å². The second-order valence-electron chi connectivity index (χ2n) is 8.94. The Morgan fingerprint density at radius 3 is 2.48 bits per heavy atom. The maximum absolute atomic E-state index is 11.7. The van der Waals surface area contributed by atoms with Crippen LogP contribution in [0.4, 0.5) is 11.4 Å². The highest BCUT2D eigenvalue weighted by atomic mass is 32.2. The van der Waals surface area contributed by atoms with E-state index >= 15 is 0 Å². The van der Waals surface area contributed by atoms with E-state index in [1.54, 1.807) is 0 Å². The topological polar surface area (TPSA) is 60.9 Å². The monoisotopic (exact) mass is 391 g/mol. The van der Waals surface area contributed by atoms with Gasteiger partial charge in [-0.05, 0) is 36.0 Å². The summed E-state index contributed by atoms with van der Waals surface area (Å²) >= 11 is 0. The summed E-state index contributed by atoms with van der Waals surface area (Å²) in [6, 6.07) is 8.77. The Bertz CT molecular complexity index is 810. The number of hydrogen-bond acceptors (Lipinski definition) is 5. The zero-order chi connectivity index (χ0) is 19.2. The highest BCUT2D eigenvalue weighted by Crippen LogP contribution is 2.43. The lowest BCUT2D eigenvalue weighted by atomic mass is 9.73. The van der Waals surface area contributed by atoms with Crippen LogP contribution in [0.25, 0.3) is 0 Å². The van der Waals surface area contributed by atoms with Crippen molar-refractivity contribution in [2.45, 2.75) is 26.3 Å². The number of carbonyl (C=O) groups is 1.